The van der Waals surface area contributed by atoms with Crippen molar-refractivity contribution >= 4 is 16.6 Å². The molecule has 4 heteroatoms. The van der Waals surface area contributed by atoms with Crippen LogP contribution in [0.1, 0.15) is 42.9 Å². The summed E-state index contributed by atoms with van der Waals surface area (Å²) in [5.74, 6) is 0.667. The Morgan fingerprint density at radius 2 is 1.83 bits per heavy atom. The number of aromatic amines is 1. The molecule has 0 aliphatic carbocycles. The second-order valence-corrected chi connectivity index (χ2v) is 7.06. The molecule has 1 aromatic carbocycles. The van der Waals surface area contributed by atoms with Crippen LogP contribution in [0.5, 0.6) is 0 Å². The Morgan fingerprint density at radius 3 is 2.61 bits per heavy atom. The van der Waals surface area contributed by atoms with E-state index in [1.807, 2.05) is 0 Å². The number of anilines is 1. The van der Waals surface area contributed by atoms with Crippen LogP contribution < -0.4 is 10.6 Å². The minimum absolute atomic E-state index is 0.527. The van der Waals surface area contributed by atoms with Crippen molar-refractivity contribution in [1.82, 2.24) is 10.3 Å². The molecule has 2 fully saturated rings. The molecule has 1 aromatic heterocycles. The third-order valence-electron chi connectivity index (χ3n) is 5.25. The largest absolute Gasteiger partial charge is 0.381 e. The van der Waals surface area contributed by atoms with Crippen LogP contribution in [0, 0.1) is 6.92 Å². The number of hydrogen-bond acceptors (Lipinski definition) is 3. The van der Waals surface area contributed by atoms with Gasteiger partial charge in [0.1, 0.15) is 0 Å². The van der Waals surface area contributed by atoms with E-state index < -0.39 is 0 Å². The van der Waals surface area contributed by atoms with Crippen molar-refractivity contribution in [2.45, 2.75) is 44.6 Å². The fourth-order valence-electron chi connectivity index (χ4n) is 3.94. The van der Waals surface area contributed by atoms with Crippen molar-refractivity contribution in [2.24, 2.45) is 0 Å². The molecule has 0 bridgehead atoms. The number of aryl methyl sites for hydroxylation is 1. The molecule has 0 radical (unpaired) electrons. The van der Waals surface area contributed by atoms with E-state index in [4.69, 9.17) is 4.74 Å². The molecule has 0 amide bonds. The van der Waals surface area contributed by atoms with Gasteiger partial charge < -0.3 is 20.4 Å². The maximum absolute atomic E-state index is 5.48. The molecule has 3 N–H and O–H groups in total. The van der Waals surface area contributed by atoms with Crippen LogP contribution in [0.3, 0.4) is 0 Å². The van der Waals surface area contributed by atoms with E-state index in [2.05, 4.69) is 40.7 Å². The molecule has 4 rings (SSSR count). The highest BCUT2D eigenvalue weighted by Crippen LogP contribution is 2.32. The smallest absolute Gasteiger partial charge is 0.0692 e. The Hall–Kier alpha value is -1.52. The summed E-state index contributed by atoms with van der Waals surface area (Å²) in [4.78, 5) is 3.73. The van der Waals surface area contributed by atoms with Crippen LogP contribution in [0.15, 0.2) is 18.2 Å². The lowest BCUT2D eigenvalue weighted by molar-refractivity contribution is 0.0905. The van der Waals surface area contributed by atoms with Crippen LogP contribution in [0.25, 0.3) is 10.9 Å². The number of fused-ring (bicyclic) bond motifs is 1. The van der Waals surface area contributed by atoms with Crippen molar-refractivity contribution in [3.05, 3.63) is 29.5 Å². The molecule has 124 valence electrons. The zero-order valence-electron chi connectivity index (χ0n) is 14.0. The standard InChI is InChI=1S/C19H27N3O/c1-13-10-15-12-17(14-2-6-20-7-3-14)22-19(15)18(11-13)21-16-4-8-23-9-5-16/h10-12,14,16,20-22H,2-9H2,1H3. The van der Waals surface area contributed by atoms with Crippen LogP contribution in [-0.2, 0) is 4.74 Å². The number of rotatable bonds is 3. The van der Waals surface area contributed by atoms with E-state index in [0.717, 1.165) is 39.1 Å². The zero-order valence-corrected chi connectivity index (χ0v) is 14.0. The van der Waals surface area contributed by atoms with Gasteiger partial charge in [0.25, 0.3) is 0 Å². The van der Waals surface area contributed by atoms with Gasteiger partial charge in [-0.2, -0.15) is 0 Å². The average molecular weight is 313 g/mol. The van der Waals surface area contributed by atoms with Gasteiger partial charge in [0.15, 0.2) is 0 Å². The van der Waals surface area contributed by atoms with E-state index in [0.29, 0.717) is 12.0 Å². The lowest BCUT2D eigenvalue weighted by Gasteiger charge is -2.24. The van der Waals surface area contributed by atoms with Crippen molar-refractivity contribution in [3.63, 3.8) is 0 Å². The second-order valence-electron chi connectivity index (χ2n) is 7.06. The number of nitrogens with one attached hydrogen (secondary N) is 3. The molecule has 0 saturated carbocycles. The van der Waals surface area contributed by atoms with Crippen molar-refractivity contribution in [2.75, 3.05) is 31.6 Å². The van der Waals surface area contributed by atoms with Gasteiger partial charge in [-0.25, -0.2) is 0 Å². The molecule has 2 aliphatic heterocycles. The molecule has 0 unspecified atom stereocenters. The number of ether oxygens (including phenoxy) is 1. The summed E-state index contributed by atoms with van der Waals surface area (Å²) in [5, 5.41) is 8.55. The fraction of sp³-hybridized carbons (Fsp3) is 0.579. The quantitative estimate of drug-likeness (QED) is 0.812. The fourth-order valence-corrected chi connectivity index (χ4v) is 3.94. The first-order valence-corrected chi connectivity index (χ1v) is 8.98. The van der Waals surface area contributed by atoms with Crippen molar-refractivity contribution in [1.29, 1.82) is 0 Å². The van der Waals surface area contributed by atoms with Crippen molar-refractivity contribution < 1.29 is 4.74 Å². The highest BCUT2D eigenvalue weighted by atomic mass is 16.5. The normalized spacial score (nSPS) is 20.9. The summed E-state index contributed by atoms with van der Waals surface area (Å²) in [5.41, 5.74) is 5.26. The topological polar surface area (TPSA) is 49.1 Å². The van der Waals surface area contributed by atoms with Crippen LogP contribution in [0.2, 0.25) is 0 Å². The molecular formula is C19H27N3O. The summed E-state index contributed by atoms with van der Waals surface area (Å²) < 4.78 is 5.48. The van der Waals surface area contributed by atoms with E-state index >= 15 is 0 Å². The van der Waals surface area contributed by atoms with Crippen LogP contribution in [0.4, 0.5) is 5.69 Å². The maximum Gasteiger partial charge on any atom is 0.0692 e. The van der Waals surface area contributed by atoms with Crippen LogP contribution >= 0.6 is 0 Å². The number of hydrogen-bond donors (Lipinski definition) is 3. The van der Waals surface area contributed by atoms with E-state index in [-0.39, 0.29) is 0 Å². The number of piperidine rings is 1. The minimum Gasteiger partial charge on any atom is -0.381 e. The summed E-state index contributed by atoms with van der Waals surface area (Å²) in [6.07, 6.45) is 4.65. The van der Waals surface area contributed by atoms with Gasteiger partial charge in [-0.15, -0.1) is 0 Å². The lowest BCUT2D eigenvalue weighted by Crippen LogP contribution is -2.28. The molecule has 2 aliphatic rings. The molecule has 2 saturated heterocycles. The zero-order chi connectivity index (χ0) is 15.6. The van der Waals surface area contributed by atoms with Gasteiger partial charge in [0.2, 0.25) is 0 Å². The molecule has 23 heavy (non-hydrogen) atoms. The van der Waals surface area contributed by atoms with Gasteiger partial charge in [-0.3, -0.25) is 0 Å². The SMILES string of the molecule is Cc1cc(NC2CCOCC2)c2[nH]c(C3CCNCC3)cc2c1. The Kier molecular flexibility index (Phi) is 4.27. The minimum atomic E-state index is 0.527. The molecule has 3 heterocycles. The third-order valence-corrected chi connectivity index (χ3v) is 5.25. The van der Waals surface area contributed by atoms with Gasteiger partial charge in [-0.05, 0) is 69.5 Å². The summed E-state index contributed by atoms with van der Waals surface area (Å²) in [6.45, 7) is 6.19. The Morgan fingerprint density at radius 1 is 1.04 bits per heavy atom. The number of benzene rings is 1. The first kappa shape index (κ1) is 15.0. The van der Waals surface area contributed by atoms with Crippen molar-refractivity contribution in [3.8, 4) is 0 Å². The highest BCUT2D eigenvalue weighted by molar-refractivity contribution is 5.92. The van der Waals surface area contributed by atoms with Crippen LogP contribution in [-0.4, -0.2) is 37.3 Å². The van der Waals surface area contributed by atoms with Gasteiger partial charge in [-0.1, -0.05) is 0 Å². The van der Waals surface area contributed by atoms with E-state index in [1.165, 1.54) is 40.7 Å². The summed E-state index contributed by atoms with van der Waals surface area (Å²) >= 11 is 0. The summed E-state index contributed by atoms with van der Waals surface area (Å²) in [6, 6.07) is 7.47. The third kappa shape index (κ3) is 3.24. The maximum atomic E-state index is 5.48. The monoisotopic (exact) mass is 313 g/mol. The Labute approximate surface area is 138 Å². The lowest BCUT2D eigenvalue weighted by atomic mass is 9.95. The first-order chi connectivity index (χ1) is 11.3. The predicted octanol–water partition coefficient (Wildman–Crippen LogP) is 3.53. The van der Waals surface area contributed by atoms with E-state index in [9.17, 15) is 0 Å². The van der Waals surface area contributed by atoms with Gasteiger partial charge in [0.05, 0.1) is 11.2 Å². The number of aromatic nitrogens is 1. The number of H-pyrrole nitrogens is 1. The average Bonchev–Trinajstić information content (AvgIpc) is 3.01. The summed E-state index contributed by atoms with van der Waals surface area (Å²) in [7, 11) is 0. The molecular weight excluding hydrogens is 286 g/mol. The molecule has 0 spiro atoms. The first-order valence-electron chi connectivity index (χ1n) is 8.98. The Bertz CT molecular complexity index is 667. The highest BCUT2D eigenvalue weighted by Gasteiger charge is 2.19. The van der Waals surface area contributed by atoms with E-state index in [1.54, 1.807) is 0 Å². The Balaban J connectivity index is 1.64. The molecule has 2 aromatic rings. The second kappa shape index (κ2) is 6.54. The predicted molar refractivity (Wildman–Crippen MR) is 95.3 cm³/mol. The van der Waals surface area contributed by atoms with Gasteiger partial charge in [0, 0.05) is 36.3 Å². The molecule has 0 atom stereocenters. The van der Waals surface area contributed by atoms with Gasteiger partial charge >= 0.3 is 0 Å². The molecule has 4 nitrogen and oxygen atoms in total.